The number of hydrazine groups is 1. The van der Waals surface area contributed by atoms with Crippen LogP contribution in [0.3, 0.4) is 0 Å². The summed E-state index contributed by atoms with van der Waals surface area (Å²) in [4.78, 5) is 1.37. The van der Waals surface area contributed by atoms with Crippen LogP contribution in [0.5, 0.6) is 0 Å². The van der Waals surface area contributed by atoms with Gasteiger partial charge in [0.15, 0.2) is 0 Å². The first-order chi connectivity index (χ1) is 10.4. The van der Waals surface area contributed by atoms with Gasteiger partial charge in [0.1, 0.15) is 0 Å². The van der Waals surface area contributed by atoms with Crippen LogP contribution < -0.4 is 11.3 Å². The molecule has 0 radical (unpaired) electrons. The fourth-order valence-corrected chi connectivity index (χ4v) is 3.03. The maximum Gasteiger partial charge on any atom is 0.0812 e. The third kappa shape index (κ3) is 3.39. The van der Waals surface area contributed by atoms with E-state index in [1.165, 1.54) is 4.88 Å². The Morgan fingerprint density at radius 1 is 1.14 bits per heavy atom. The predicted molar refractivity (Wildman–Crippen MR) is 86.3 cm³/mol. The first-order valence-electron chi connectivity index (χ1n) is 6.96. The number of nitrogens with zero attached hydrogens (tertiary/aromatic N) is 2. The first-order valence-corrected chi connectivity index (χ1v) is 7.84. The number of hydrogen-bond acceptors (Lipinski definition) is 4. The Balaban J connectivity index is 1.71. The second-order valence-electron chi connectivity index (χ2n) is 4.86. The van der Waals surface area contributed by atoms with Crippen molar-refractivity contribution >= 4 is 11.3 Å². The van der Waals surface area contributed by atoms with Crippen molar-refractivity contribution < 1.29 is 0 Å². The van der Waals surface area contributed by atoms with Crippen molar-refractivity contribution in [2.75, 3.05) is 0 Å². The Morgan fingerprint density at radius 3 is 2.71 bits per heavy atom. The Morgan fingerprint density at radius 2 is 2.00 bits per heavy atom. The molecule has 3 aromatic rings. The molecule has 1 unspecified atom stereocenters. The number of rotatable bonds is 6. The van der Waals surface area contributed by atoms with Gasteiger partial charge in [-0.05, 0) is 42.5 Å². The quantitative estimate of drug-likeness (QED) is 0.543. The fraction of sp³-hybridized carbons (Fsp3) is 0.188. The van der Waals surface area contributed by atoms with Crippen LogP contribution in [0.15, 0.2) is 60.1 Å². The molecule has 0 saturated carbocycles. The van der Waals surface area contributed by atoms with Gasteiger partial charge in [-0.3, -0.25) is 11.3 Å². The summed E-state index contributed by atoms with van der Waals surface area (Å²) in [6, 6.07) is 16.4. The maximum absolute atomic E-state index is 5.70. The highest BCUT2D eigenvalue weighted by atomic mass is 32.1. The molecule has 2 aromatic heterocycles. The van der Waals surface area contributed by atoms with Gasteiger partial charge in [0, 0.05) is 11.1 Å². The highest BCUT2D eigenvalue weighted by Crippen LogP contribution is 2.20. The normalized spacial score (nSPS) is 12.4. The van der Waals surface area contributed by atoms with Gasteiger partial charge in [0.2, 0.25) is 0 Å². The SMILES string of the molecule is NNC(CCc1cccs1)c1ccn(-c2ccccc2)n1. The monoisotopic (exact) mass is 298 g/mol. The number of thiophene rings is 1. The van der Waals surface area contributed by atoms with Crippen molar-refractivity contribution in [3.8, 4) is 5.69 Å². The minimum atomic E-state index is 0.0667. The van der Waals surface area contributed by atoms with E-state index in [2.05, 4.69) is 28.0 Å². The van der Waals surface area contributed by atoms with E-state index in [-0.39, 0.29) is 6.04 Å². The molecule has 3 N–H and O–H groups in total. The van der Waals surface area contributed by atoms with Gasteiger partial charge in [-0.1, -0.05) is 24.3 Å². The van der Waals surface area contributed by atoms with Crippen LogP contribution in [0.25, 0.3) is 5.69 Å². The number of nitrogens with one attached hydrogen (secondary N) is 1. The molecule has 0 bridgehead atoms. The molecule has 0 spiro atoms. The van der Waals surface area contributed by atoms with Crippen molar-refractivity contribution in [2.24, 2.45) is 5.84 Å². The Kier molecular flexibility index (Phi) is 4.45. The number of nitrogens with two attached hydrogens (primary N) is 1. The number of aryl methyl sites for hydroxylation is 1. The first kappa shape index (κ1) is 14.0. The van der Waals surface area contributed by atoms with E-state index in [4.69, 9.17) is 5.84 Å². The lowest BCUT2D eigenvalue weighted by molar-refractivity contribution is 0.502. The van der Waals surface area contributed by atoms with Crippen LogP contribution in [0, 0.1) is 0 Å². The van der Waals surface area contributed by atoms with Crippen LogP contribution >= 0.6 is 11.3 Å². The average Bonchev–Trinajstić information content (AvgIpc) is 3.20. The molecular weight excluding hydrogens is 280 g/mol. The zero-order valence-electron chi connectivity index (χ0n) is 11.6. The Bertz CT molecular complexity index is 661. The molecule has 3 rings (SSSR count). The molecular formula is C16H18N4S. The zero-order chi connectivity index (χ0) is 14.5. The van der Waals surface area contributed by atoms with Gasteiger partial charge in [-0.15, -0.1) is 11.3 Å². The lowest BCUT2D eigenvalue weighted by Crippen LogP contribution is -2.28. The molecule has 0 aliphatic carbocycles. The minimum absolute atomic E-state index is 0.0667. The lowest BCUT2D eigenvalue weighted by Gasteiger charge is -2.12. The number of benzene rings is 1. The van der Waals surface area contributed by atoms with Gasteiger partial charge in [0.25, 0.3) is 0 Å². The van der Waals surface area contributed by atoms with E-state index >= 15 is 0 Å². The molecule has 108 valence electrons. The minimum Gasteiger partial charge on any atom is -0.271 e. The second kappa shape index (κ2) is 6.67. The maximum atomic E-state index is 5.70. The topological polar surface area (TPSA) is 55.9 Å². The molecule has 5 heteroatoms. The number of hydrogen-bond donors (Lipinski definition) is 2. The van der Waals surface area contributed by atoms with Crippen molar-refractivity contribution in [1.29, 1.82) is 0 Å². The van der Waals surface area contributed by atoms with Crippen molar-refractivity contribution in [2.45, 2.75) is 18.9 Å². The van der Waals surface area contributed by atoms with E-state index in [0.717, 1.165) is 24.2 Å². The van der Waals surface area contributed by atoms with Crippen molar-refractivity contribution in [3.63, 3.8) is 0 Å². The summed E-state index contributed by atoms with van der Waals surface area (Å²) in [5, 5.41) is 6.73. The molecule has 0 aliphatic heterocycles. The van der Waals surface area contributed by atoms with Crippen LogP contribution in [0.4, 0.5) is 0 Å². The summed E-state index contributed by atoms with van der Waals surface area (Å²) >= 11 is 1.78. The highest BCUT2D eigenvalue weighted by Gasteiger charge is 2.13. The molecule has 4 nitrogen and oxygen atoms in total. The summed E-state index contributed by atoms with van der Waals surface area (Å²) < 4.78 is 1.88. The van der Waals surface area contributed by atoms with Crippen LogP contribution in [0.1, 0.15) is 23.0 Å². The van der Waals surface area contributed by atoms with E-state index in [1.54, 1.807) is 11.3 Å². The van der Waals surface area contributed by atoms with Gasteiger partial charge >= 0.3 is 0 Å². The molecule has 0 aliphatic rings. The molecule has 1 aromatic carbocycles. The van der Waals surface area contributed by atoms with Gasteiger partial charge in [-0.25, -0.2) is 4.68 Å². The Hall–Kier alpha value is -1.95. The summed E-state index contributed by atoms with van der Waals surface area (Å²) in [5.41, 5.74) is 4.90. The molecule has 0 amide bonds. The van der Waals surface area contributed by atoms with Gasteiger partial charge in [0.05, 0.1) is 17.4 Å². The summed E-state index contributed by atoms with van der Waals surface area (Å²) in [5.74, 6) is 5.70. The summed E-state index contributed by atoms with van der Waals surface area (Å²) in [7, 11) is 0. The van der Waals surface area contributed by atoms with Gasteiger partial charge < -0.3 is 0 Å². The van der Waals surface area contributed by atoms with E-state index < -0.39 is 0 Å². The summed E-state index contributed by atoms with van der Waals surface area (Å²) in [6.07, 6.45) is 3.91. The largest absolute Gasteiger partial charge is 0.271 e. The predicted octanol–water partition coefficient (Wildman–Crippen LogP) is 3.07. The molecule has 0 fully saturated rings. The van der Waals surface area contributed by atoms with Crippen LogP contribution in [-0.4, -0.2) is 9.78 Å². The van der Waals surface area contributed by atoms with Crippen LogP contribution in [0.2, 0.25) is 0 Å². The Labute approximate surface area is 128 Å². The fourth-order valence-electron chi connectivity index (χ4n) is 2.31. The third-order valence-electron chi connectivity index (χ3n) is 3.45. The third-order valence-corrected chi connectivity index (χ3v) is 4.38. The number of para-hydroxylation sites is 1. The van der Waals surface area contributed by atoms with Crippen LogP contribution in [-0.2, 0) is 6.42 Å². The lowest BCUT2D eigenvalue weighted by atomic mass is 10.1. The molecule has 21 heavy (non-hydrogen) atoms. The highest BCUT2D eigenvalue weighted by molar-refractivity contribution is 7.09. The standard InChI is InChI=1S/C16H18N4S/c17-18-15(9-8-14-7-4-12-21-14)16-10-11-20(19-16)13-5-2-1-3-6-13/h1-7,10-12,15,18H,8-9,17H2. The van der Waals surface area contributed by atoms with Crippen molar-refractivity contribution in [3.05, 3.63) is 70.7 Å². The van der Waals surface area contributed by atoms with Crippen molar-refractivity contribution in [1.82, 2.24) is 15.2 Å². The van der Waals surface area contributed by atoms with E-state index in [9.17, 15) is 0 Å². The van der Waals surface area contributed by atoms with E-state index in [0.29, 0.717) is 0 Å². The molecule has 0 saturated heterocycles. The van der Waals surface area contributed by atoms with E-state index in [1.807, 2.05) is 47.3 Å². The summed E-state index contributed by atoms with van der Waals surface area (Å²) in [6.45, 7) is 0. The molecule has 1 atom stereocenters. The second-order valence-corrected chi connectivity index (χ2v) is 5.89. The van der Waals surface area contributed by atoms with Gasteiger partial charge in [-0.2, -0.15) is 5.10 Å². The average molecular weight is 298 g/mol. The molecule has 2 heterocycles. The smallest absolute Gasteiger partial charge is 0.0812 e. The number of aromatic nitrogens is 2. The zero-order valence-corrected chi connectivity index (χ0v) is 12.5.